The van der Waals surface area contributed by atoms with Gasteiger partial charge in [0.15, 0.2) is 0 Å². The van der Waals surface area contributed by atoms with Crippen LogP contribution in [0.15, 0.2) is 109 Å². The SMILES string of the molecule is CCn1c2ccccc2c2ccc3c4ccccc4n(Cn4c5ccccc5c5ccccc54)c3c21. The molecular weight excluding hydrogens is 438 g/mol. The van der Waals surface area contributed by atoms with Gasteiger partial charge in [-0.15, -0.1) is 0 Å². The fraction of sp³-hybridized carbons (Fsp3) is 0.0909. The molecule has 172 valence electrons. The molecule has 3 heterocycles. The van der Waals surface area contributed by atoms with Crippen LogP contribution >= 0.6 is 0 Å². The minimum Gasteiger partial charge on any atom is -0.339 e. The summed E-state index contributed by atoms with van der Waals surface area (Å²) in [5.41, 5.74) is 7.76. The van der Waals surface area contributed by atoms with Crippen molar-refractivity contribution in [3.05, 3.63) is 109 Å². The summed E-state index contributed by atoms with van der Waals surface area (Å²) in [6.45, 7) is 3.94. The number of rotatable bonds is 3. The number of para-hydroxylation sites is 4. The van der Waals surface area contributed by atoms with E-state index >= 15 is 0 Å². The molecule has 0 N–H and O–H groups in total. The lowest BCUT2D eigenvalue weighted by molar-refractivity contribution is 0.682. The zero-order chi connectivity index (χ0) is 23.8. The van der Waals surface area contributed by atoms with Crippen LogP contribution in [0.1, 0.15) is 6.92 Å². The molecule has 8 aromatic rings. The van der Waals surface area contributed by atoms with E-state index < -0.39 is 0 Å². The Bertz CT molecular complexity index is 2060. The van der Waals surface area contributed by atoms with Crippen molar-refractivity contribution in [3.8, 4) is 0 Å². The molecule has 3 aromatic heterocycles. The summed E-state index contributed by atoms with van der Waals surface area (Å²) in [6, 6.07) is 39.9. The van der Waals surface area contributed by atoms with E-state index in [1.54, 1.807) is 0 Å². The summed E-state index contributed by atoms with van der Waals surface area (Å²) in [5.74, 6) is 0. The second kappa shape index (κ2) is 7.25. The Balaban J connectivity index is 1.55. The molecule has 3 heteroatoms. The molecule has 0 amide bonds. The van der Waals surface area contributed by atoms with Crippen LogP contribution in [0, 0.1) is 0 Å². The highest BCUT2D eigenvalue weighted by Crippen LogP contribution is 2.39. The molecule has 8 rings (SSSR count). The standard InChI is InChI=1S/C33H25N3/c1-2-34-28-15-7-5-13-24(28)26-19-20-27-25-14-6-10-18-31(25)36(33(27)32(26)34)21-35-29-16-8-3-11-22(29)23-12-4-9-17-30(23)35/h3-20H,2,21H2,1H3. The van der Waals surface area contributed by atoms with Gasteiger partial charge in [-0.25, -0.2) is 0 Å². The van der Waals surface area contributed by atoms with Crippen molar-refractivity contribution in [2.45, 2.75) is 20.1 Å². The number of benzene rings is 5. The van der Waals surface area contributed by atoms with Crippen LogP contribution in [-0.4, -0.2) is 13.7 Å². The van der Waals surface area contributed by atoms with E-state index in [-0.39, 0.29) is 0 Å². The van der Waals surface area contributed by atoms with Crippen LogP contribution in [0.2, 0.25) is 0 Å². The molecule has 3 nitrogen and oxygen atoms in total. The molecule has 0 atom stereocenters. The van der Waals surface area contributed by atoms with E-state index in [4.69, 9.17) is 0 Å². The van der Waals surface area contributed by atoms with Gasteiger partial charge in [-0.2, -0.15) is 0 Å². The van der Waals surface area contributed by atoms with E-state index in [0.29, 0.717) is 0 Å². The van der Waals surface area contributed by atoms with Crippen molar-refractivity contribution in [2.75, 3.05) is 0 Å². The third-order valence-electron chi connectivity index (χ3n) is 7.94. The Labute approximate surface area is 208 Å². The third kappa shape index (κ3) is 2.47. The van der Waals surface area contributed by atoms with E-state index in [2.05, 4.69) is 130 Å². The number of hydrogen-bond donors (Lipinski definition) is 0. The van der Waals surface area contributed by atoms with E-state index in [1.807, 2.05) is 0 Å². The van der Waals surface area contributed by atoms with Gasteiger partial charge in [-0.1, -0.05) is 84.9 Å². The largest absolute Gasteiger partial charge is 0.339 e. The van der Waals surface area contributed by atoms with Gasteiger partial charge in [0.05, 0.1) is 27.6 Å². The van der Waals surface area contributed by atoms with Gasteiger partial charge in [0.25, 0.3) is 0 Å². The quantitative estimate of drug-likeness (QED) is 0.249. The average Bonchev–Trinajstić information content (AvgIpc) is 3.55. The highest BCUT2D eigenvalue weighted by Gasteiger charge is 2.20. The highest BCUT2D eigenvalue weighted by molar-refractivity contribution is 6.22. The summed E-state index contributed by atoms with van der Waals surface area (Å²) < 4.78 is 7.51. The van der Waals surface area contributed by atoms with Gasteiger partial charge in [0.1, 0.15) is 6.67 Å². The first-order chi connectivity index (χ1) is 17.8. The fourth-order valence-corrected chi connectivity index (χ4v) is 6.45. The molecule has 0 bridgehead atoms. The maximum atomic E-state index is 2.54. The van der Waals surface area contributed by atoms with Crippen LogP contribution in [0.4, 0.5) is 0 Å². The normalized spacial score (nSPS) is 12.2. The number of nitrogens with zero attached hydrogens (tertiary/aromatic N) is 3. The third-order valence-corrected chi connectivity index (χ3v) is 7.94. The van der Waals surface area contributed by atoms with Gasteiger partial charge in [-0.3, -0.25) is 0 Å². The monoisotopic (exact) mass is 463 g/mol. The molecule has 0 fully saturated rings. The minimum atomic E-state index is 0.752. The van der Waals surface area contributed by atoms with Gasteiger partial charge < -0.3 is 13.7 Å². The van der Waals surface area contributed by atoms with Crippen LogP contribution in [0.5, 0.6) is 0 Å². The summed E-state index contributed by atoms with van der Waals surface area (Å²) in [6.07, 6.45) is 0. The summed E-state index contributed by atoms with van der Waals surface area (Å²) in [5, 5.41) is 7.89. The second-order valence-electron chi connectivity index (χ2n) is 9.67. The number of hydrogen-bond acceptors (Lipinski definition) is 0. The zero-order valence-electron chi connectivity index (χ0n) is 20.1. The second-order valence-corrected chi connectivity index (χ2v) is 9.67. The highest BCUT2D eigenvalue weighted by atomic mass is 15.2. The minimum absolute atomic E-state index is 0.752. The molecule has 0 aliphatic heterocycles. The van der Waals surface area contributed by atoms with Crippen molar-refractivity contribution < 1.29 is 0 Å². The lowest BCUT2D eigenvalue weighted by Crippen LogP contribution is -2.08. The summed E-state index contributed by atoms with van der Waals surface area (Å²) in [4.78, 5) is 0. The van der Waals surface area contributed by atoms with Gasteiger partial charge >= 0.3 is 0 Å². The van der Waals surface area contributed by atoms with Crippen molar-refractivity contribution in [1.82, 2.24) is 13.7 Å². The Morgan fingerprint density at radius 3 is 1.22 bits per heavy atom. The maximum absolute atomic E-state index is 2.54. The molecular formula is C33H25N3. The van der Waals surface area contributed by atoms with Crippen molar-refractivity contribution in [2.24, 2.45) is 0 Å². The maximum Gasteiger partial charge on any atom is 0.100 e. The Kier molecular flexibility index (Phi) is 3.98. The Hall–Kier alpha value is -4.50. The average molecular weight is 464 g/mol. The molecule has 0 unspecified atom stereocenters. The van der Waals surface area contributed by atoms with Crippen molar-refractivity contribution in [3.63, 3.8) is 0 Å². The number of aryl methyl sites for hydroxylation is 1. The fourth-order valence-electron chi connectivity index (χ4n) is 6.45. The number of aromatic nitrogens is 3. The molecule has 0 aliphatic carbocycles. The first kappa shape index (κ1) is 19.8. The van der Waals surface area contributed by atoms with Crippen LogP contribution in [0.25, 0.3) is 65.4 Å². The molecule has 0 spiro atoms. The first-order valence-corrected chi connectivity index (χ1v) is 12.7. The van der Waals surface area contributed by atoms with Crippen molar-refractivity contribution in [1.29, 1.82) is 0 Å². The van der Waals surface area contributed by atoms with Crippen molar-refractivity contribution >= 4 is 65.4 Å². The molecule has 0 saturated heterocycles. The number of fused-ring (bicyclic) bond motifs is 10. The predicted molar refractivity (Wildman–Crippen MR) is 153 cm³/mol. The van der Waals surface area contributed by atoms with Crippen LogP contribution in [0.3, 0.4) is 0 Å². The topological polar surface area (TPSA) is 14.8 Å². The van der Waals surface area contributed by atoms with E-state index in [0.717, 1.165) is 13.2 Å². The Morgan fingerprint density at radius 2 is 0.750 bits per heavy atom. The summed E-state index contributed by atoms with van der Waals surface area (Å²) >= 11 is 0. The van der Waals surface area contributed by atoms with E-state index in [1.165, 1.54) is 65.4 Å². The predicted octanol–water partition coefficient (Wildman–Crippen LogP) is 8.54. The van der Waals surface area contributed by atoms with Crippen LogP contribution < -0.4 is 0 Å². The van der Waals surface area contributed by atoms with Gasteiger partial charge in [-0.05, 0) is 31.2 Å². The van der Waals surface area contributed by atoms with Gasteiger partial charge in [0, 0.05) is 44.4 Å². The summed E-state index contributed by atoms with van der Waals surface area (Å²) in [7, 11) is 0. The molecule has 0 radical (unpaired) electrons. The lowest BCUT2D eigenvalue weighted by atomic mass is 10.1. The first-order valence-electron chi connectivity index (χ1n) is 12.7. The van der Waals surface area contributed by atoms with Crippen LogP contribution in [-0.2, 0) is 13.2 Å². The van der Waals surface area contributed by atoms with E-state index in [9.17, 15) is 0 Å². The molecule has 5 aromatic carbocycles. The molecule has 0 aliphatic rings. The lowest BCUT2D eigenvalue weighted by Gasteiger charge is -2.14. The Morgan fingerprint density at radius 1 is 0.389 bits per heavy atom. The smallest absolute Gasteiger partial charge is 0.100 e. The molecule has 0 saturated carbocycles. The van der Waals surface area contributed by atoms with Gasteiger partial charge in [0.2, 0.25) is 0 Å². The zero-order valence-corrected chi connectivity index (χ0v) is 20.1. The molecule has 36 heavy (non-hydrogen) atoms.